The van der Waals surface area contributed by atoms with E-state index in [0.29, 0.717) is 5.92 Å². The van der Waals surface area contributed by atoms with Crippen molar-refractivity contribution in [2.24, 2.45) is 11.8 Å². The normalized spacial score (nSPS) is 19.9. The number of halogens is 1. The van der Waals surface area contributed by atoms with Gasteiger partial charge in [-0.15, -0.1) is 0 Å². The van der Waals surface area contributed by atoms with E-state index in [-0.39, 0.29) is 0 Å². The molecule has 2 aromatic carbocycles. The molecule has 0 atom stereocenters. The van der Waals surface area contributed by atoms with Crippen LogP contribution in [0, 0.1) is 23.7 Å². The molecule has 0 aliphatic heterocycles. The molecule has 0 nitrogen and oxygen atoms in total. The Morgan fingerprint density at radius 3 is 2.08 bits per heavy atom. The smallest absolute Gasteiger partial charge is 0.0245 e. The van der Waals surface area contributed by atoms with E-state index >= 15 is 0 Å². The molecule has 0 heterocycles. The maximum Gasteiger partial charge on any atom is 0.0245 e. The lowest BCUT2D eigenvalue weighted by molar-refractivity contribution is 0.296. The first-order chi connectivity index (χ1) is 12.2. The van der Waals surface area contributed by atoms with E-state index in [1.165, 1.54) is 56.1 Å². The average molecular weight is 395 g/mol. The van der Waals surface area contributed by atoms with Gasteiger partial charge < -0.3 is 0 Å². The molecule has 0 N–H and O–H groups in total. The van der Waals surface area contributed by atoms with E-state index in [1.807, 2.05) is 0 Å². The molecule has 1 aliphatic rings. The highest BCUT2D eigenvalue weighted by molar-refractivity contribution is 9.10. The van der Waals surface area contributed by atoms with Crippen LogP contribution in [0.25, 0.3) is 11.1 Å². The maximum atomic E-state index is 3.53. The molecule has 25 heavy (non-hydrogen) atoms. The highest BCUT2D eigenvalue weighted by atomic mass is 79.9. The van der Waals surface area contributed by atoms with Gasteiger partial charge in [0.05, 0.1) is 0 Å². The van der Waals surface area contributed by atoms with Crippen LogP contribution in [0.3, 0.4) is 0 Å². The first kappa shape index (κ1) is 18.3. The van der Waals surface area contributed by atoms with Crippen molar-refractivity contribution >= 4 is 15.9 Å². The van der Waals surface area contributed by atoms with Crippen LogP contribution >= 0.6 is 15.9 Å². The average Bonchev–Trinajstić information content (AvgIpc) is 2.67. The molecule has 1 aliphatic carbocycles. The van der Waals surface area contributed by atoms with Gasteiger partial charge in [-0.3, -0.25) is 0 Å². The van der Waals surface area contributed by atoms with E-state index in [4.69, 9.17) is 0 Å². The minimum Gasteiger partial charge on any atom is -0.0945 e. The van der Waals surface area contributed by atoms with Gasteiger partial charge >= 0.3 is 0 Å². The Hall–Kier alpha value is -1.52. The monoisotopic (exact) mass is 394 g/mol. The van der Waals surface area contributed by atoms with Crippen LogP contribution in [0.2, 0.25) is 0 Å². The summed E-state index contributed by atoms with van der Waals surface area (Å²) in [5.41, 5.74) is 3.62. The van der Waals surface area contributed by atoms with Crippen molar-refractivity contribution in [3.63, 3.8) is 0 Å². The summed E-state index contributed by atoms with van der Waals surface area (Å²) in [6.45, 7) is 2.29. The van der Waals surface area contributed by atoms with Gasteiger partial charge in [0, 0.05) is 16.0 Å². The lowest BCUT2D eigenvalue weighted by Gasteiger charge is -2.25. The molecule has 0 aromatic heterocycles. The van der Waals surface area contributed by atoms with E-state index in [0.717, 1.165) is 16.0 Å². The summed E-state index contributed by atoms with van der Waals surface area (Å²) >= 11 is 3.49. The lowest BCUT2D eigenvalue weighted by atomic mass is 9.80. The van der Waals surface area contributed by atoms with E-state index < -0.39 is 0 Å². The van der Waals surface area contributed by atoms with Gasteiger partial charge in [-0.1, -0.05) is 78.2 Å². The van der Waals surface area contributed by atoms with E-state index in [9.17, 15) is 0 Å². The molecule has 3 rings (SSSR count). The van der Waals surface area contributed by atoms with Crippen LogP contribution in [0.1, 0.15) is 57.4 Å². The third-order valence-corrected chi connectivity index (χ3v) is 5.82. The fourth-order valence-corrected chi connectivity index (χ4v) is 3.93. The highest BCUT2D eigenvalue weighted by Gasteiger charge is 2.19. The first-order valence-corrected chi connectivity index (χ1v) is 10.4. The van der Waals surface area contributed by atoms with Crippen molar-refractivity contribution < 1.29 is 0 Å². The largest absolute Gasteiger partial charge is 0.0945 e. The van der Waals surface area contributed by atoms with Crippen LogP contribution in [-0.2, 0) is 0 Å². The van der Waals surface area contributed by atoms with E-state index in [1.54, 1.807) is 0 Å². The van der Waals surface area contributed by atoms with Gasteiger partial charge in [-0.25, -0.2) is 0 Å². The predicted molar refractivity (Wildman–Crippen MR) is 111 cm³/mol. The minimum absolute atomic E-state index is 0.601. The van der Waals surface area contributed by atoms with Crippen molar-refractivity contribution in [2.75, 3.05) is 0 Å². The lowest BCUT2D eigenvalue weighted by Crippen LogP contribution is -2.13. The van der Waals surface area contributed by atoms with Crippen molar-refractivity contribution in [1.29, 1.82) is 0 Å². The molecule has 0 saturated heterocycles. The number of hydrogen-bond donors (Lipinski definition) is 0. The molecule has 1 saturated carbocycles. The molecule has 0 radical (unpaired) electrons. The molecule has 130 valence electrons. The number of unbranched alkanes of at least 4 members (excludes halogenated alkanes) is 1. The zero-order valence-electron chi connectivity index (χ0n) is 15.1. The SMILES string of the molecule is CCCCC1CCC(C#Cc2ccc(-c3ccc(Br)cc3)cc2)CC1. The van der Waals surface area contributed by atoms with Crippen molar-refractivity contribution in [2.45, 2.75) is 51.9 Å². The Morgan fingerprint density at radius 1 is 0.880 bits per heavy atom. The zero-order chi connectivity index (χ0) is 17.5. The maximum absolute atomic E-state index is 3.53. The summed E-state index contributed by atoms with van der Waals surface area (Å²) in [4.78, 5) is 0. The summed E-state index contributed by atoms with van der Waals surface area (Å²) in [6.07, 6.45) is 9.48. The number of hydrogen-bond acceptors (Lipinski definition) is 0. The second-order valence-corrected chi connectivity index (χ2v) is 8.13. The quantitative estimate of drug-likeness (QED) is 0.471. The zero-order valence-corrected chi connectivity index (χ0v) is 16.7. The van der Waals surface area contributed by atoms with Crippen LogP contribution in [0.15, 0.2) is 53.0 Å². The van der Waals surface area contributed by atoms with Gasteiger partial charge in [-0.05, 0) is 67.0 Å². The Kier molecular flexibility index (Phi) is 6.76. The van der Waals surface area contributed by atoms with Gasteiger partial charge in [0.1, 0.15) is 0 Å². The Balaban J connectivity index is 1.56. The Labute approximate surface area is 161 Å². The van der Waals surface area contributed by atoms with Crippen molar-refractivity contribution in [3.05, 3.63) is 58.6 Å². The standard InChI is InChI=1S/C24H27Br/c1-2-3-4-19-5-7-20(8-6-19)9-10-21-11-13-22(14-12-21)23-15-17-24(25)18-16-23/h11-20H,2-8H2,1H3. The van der Waals surface area contributed by atoms with Gasteiger partial charge in [0.15, 0.2) is 0 Å². The fraction of sp³-hybridized carbons (Fsp3) is 0.417. The molecular formula is C24H27Br. The molecule has 0 bridgehead atoms. The highest BCUT2D eigenvalue weighted by Crippen LogP contribution is 2.31. The number of benzene rings is 2. The predicted octanol–water partition coefficient (Wildman–Crippen LogP) is 7.46. The molecule has 0 spiro atoms. The molecular weight excluding hydrogens is 368 g/mol. The third kappa shape index (κ3) is 5.48. The summed E-state index contributed by atoms with van der Waals surface area (Å²) in [6, 6.07) is 17.1. The van der Waals surface area contributed by atoms with Crippen molar-refractivity contribution in [1.82, 2.24) is 0 Å². The molecule has 2 aromatic rings. The summed E-state index contributed by atoms with van der Waals surface area (Å²) in [5, 5.41) is 0. The van der Waals surface area contributed by atoms with Gasteiger partial charge in [-0.2, -0.15) is 0 Å². The van der Waals surface area contributed by atoms with Crippen LogP contribution in [0.5, 0.6) is 0 Å². The first-order valence-electron chi connectivity index (χ1n) is 9.62. The third-order valence-electron chi connectivity index (χ3n) is 5.30. The second-order valence-electron chi connectivity index (χ2n) is 7.21. The summed E-state index contributed by atoms with van der Waals surface area (Å²) < 4.78 is 1.11. The summed E-state index contributed by atoms with van der Waals surface area (Å²) in [5.74, 6) is 8.49. The number of rotatable bonds is 4. The van der Waals surface area contributed by atoms with Crippen LogP contribution in [0.4, 0.5) is 0 Å². The summed E-state index contributed by atoms with van der Waals surface area (Å²) in [7, 11) is 0. The van der Waals surface area contributed by atoms with Crippen LogP contribution in [-0.4, -0.2) is 0 Å². The molecule has 1 heteroatoms. The van der Waals surface area contributed by atoms with E-state index in [2.05, 4.69) is 83.2 Å². The minimum atomic E-state index is 0.601. The fourth-order valence-electron chi connectivity index (χ4n) is 3.66. The topological polar surface area (TPSA) is 0 Å². The van der Waals surface area contributed by atoms with Crippen LogP contribution < -0.4 is 0 Å². The molecule has 0 amide bonds. The Morgan fingerprint density at radius 2 is 1.48 bits per heavy atom. The van der Waals surface area contributed by atoms with Gasteiger partial charge in [0.25, 0.3) is 0 Å². The Bertz CT molecular complexity index is 707. The second kappa shape index (κ2) is 9.25. The van der Waals surface area contributed by atoms with Crippen molar-refractivity contribution in [3.8, 4) is 23.0 Å². The van der Waals surface area contributed by atoms with Gasteiger partial charge in [0.2, 0.25) is 0 Å². The molecule has 1 fully saturated rings. The molecule has 0 unspecified atom stereocenters.